The van der Waals surface area contributed by atoms with E-state index in [-0.39, 0.29) is 36.6 Å². The summed E-state index contributed by atoms with van der Waals surface area (Å²) in [5.41, 5.74) is 12.5. The van der Waals surface area contributed by atoms with Crippen LogP contribution in [-0.4, -0.2) is 46.4 Å². The molecule has 3 aromatic rings. The molecule has 0 amide bonds. The Labute approximate surface area is 382 Å². The second kappa shape index (κ2) is 21.3. The van der Waals surface area contributed by atoms with Crippen LogP contribution in [0, 0.1) is 56.3 Å². The molecule has 0 radical (unpaired) electrons. The van der Waals surface area contributed by atoms with Gasteiger partial charge in [-0.2, -0.15) is 0 Å². The van der Waals surface area contributed by atoms with E-state index in [2.05, 4.69) is 107 Å². The first kappa shape index (κ1) is 48.4. The van der Waals surface area contributed by atoms with Crippen LogP contribution < -0.4 is 16.0 Å². The van der Waals surface area contributed by atoms with E-state index in [0.717, 1.165) is 98.4 Å². The number of carbonyl (C=O) groups excluding carboxylic acids is 3. The molecule has 0 spiro atoms. The third kappa shape index (κ3) is 10.6. The van der Waals surface area contributed by atoms with Crippen molar-refractivity contribution in [2.45, 2.75) is 146 Å². The quantitative estimate of drug-likeness (QED) is 0.0508. The summed E-state index contributed by atoms with van der Waals surface area (Å²) in [7, 11) is 1.32. The number of rotatable bonds is 20. The van der Waals surface area contributed by atoms with Gasteiger partial charge in [-0.1, -0.05) is 105 Å². The van der Waals surface area contributed by atoms with Crippen LogP contribution in [0.3, 0.4) is 0 Å². The van der Waals surface area contributed by atoms with E-state index < -0.39 is 11.9 Å². The molecule has 4 N–H and O–H groups in total. The lowest BCUT2D eigenvalue weighted by atomic mass is 9.85. The molecule has 0 aromatic carbocycles. The van der Waals surface area contributed by atoms with Gasteiger partial charge >= 0.3 is 11.9 Å². The molecule has 5 atom stereocenters. The molecule has 5 heterocycles. The Morgan fingerprint density at radius 1 is 0.828 bits per heavy atom. The molecule has 6 rings (SSSR count). The Balaban J connectivity index is 1.21. The maximum Gasteiger partial charge on any atom is 0.321 e. The Morgan fingerprint density at radius 2 is 1.48 bits per heavy atom. The number of aromatic amines is 3. The SMILES string of the molecule is C=Cc1c2[nH]c(c1C)C=C1NC(=C3c4[nH]c(c(C)c4C(=O)[C@@H]3C(=O)OC)C=c3[nH]c(c(C)c3CC)=C2)[C@@H](CCC(=O)OC/C=C(\C)CCC[C@H](C)CCC[C@H](C)CCCC(C)C)[C@@H]1C. The van der Waals surface area contributed by atoms with Crippen molar-refractivity contribution in [3.8, 4) is 0 Å². The number of methoxy groups -OCH3 is 1. The second-order valence-electron chi connectivity index (χ2n) is 19.7. The molecule has 1 fully saturated rings. The molecule has 0 unspecified atom stereocenters. The van der Waals surface area contributed by atoms with Crippen LogP contribution in [0.25, 0.3) is 29.9 Å². The second-order valence-corrected chi connectivity index (χ2v) is 19.7. The van der Waals surface area contributed by atoms with Gasteiger partial charge in [0, 0.05) is 74.1 Å². The van der Waals surface area contributed by atoms with Crippen LogP contribution in [-0.2, 0) is 25.5 Å². The molecule has 346 valence electrons. The smallest absolute Gasteiger partial charge is 0.321 e. The van der Waals surface area contributed by atoms with E-state index in [1.807, 2.05) is 19.1 Å². The summed E-state index contributed by atoms with van der Waals surface area (Å²) in [4.78, 5) is 52.4. The lowest BCUT2D eigenvalue weighted by Crippen LogP contribution is -2.25. The first-order valence-electron chi connectivity index (χ1n) is 24.2. The summed E-state index contributed by atoms with van der Waals surface area (Å²) in [5, 5.41) is 5.66. The number of ketones is 1. The summed E-state index contributed by atoms with van der Waals surface area (Å²) in [6.45, 7) is 26.4. The van der Waals surface area contributed by atoms with Crippen LogP contribution in [0.2, 0.25) is 0 Å². The van der Waals surface area contributed by atoms with E-state index in [1.165, 1.54) is 63.2 Å². The first-order valence-corrected chi connectivity index (χ1v) is 24.2. The highest BCUT2D eigenvalue weighted by Crippen LogP contribution is 2.48. The molecule has 9 nitrogen and oxygen atoms in total. The van der Waals surface area contributed by atoms with Gasteiger partial charge in [0.05, 0.1) is 12.8 Å². The van der Waals surface area contributed by atoms with Gasteiger partial charge in [-0.3, -0.25) is 14.4 Å². The number of fused-ring (bicyclic) bond motifs is 7. The van der Waals surface area contributed by atoms with Gasteiger partial charge in [-0.05, 0) is 118 Å². The molecular formula is C55H76N4O5. The fraction of sp³-hybridized carbons (Fsp3) is 0.545. The minimum atomic E-state index is -1.14. The fourth-order valence-corrected chi connectivity index (χ4v) is 10.4. The number of carbonyl (C=O) groups is 3. The van der Waals surface area contributed by atoms with Crippen LogP contribution in [0.15, 0.2) is 29.6 Å². The standard InChI is InChI=1S/C55H76N4O5/c1-13-39-35(8)42-28-44-37(10)41(24-25-48(60)64-27-26-34(7)23-17-22-33(6)21-16-20-32(5)19-15-18-31(3)4)52(58-44)50-51(55(62)63-12)54(61)49-38(11)45(59-53(49)50)30-47-40(14-2)36(9)43(57-47)29-46(39)56-42/h13,26,28-33,37,41,51,56-59H,1,14-25,27H2,2-12H3/b34-26+,43-29?,44-28?,47-30?,52-50?/t32-,33-,37+,41+,51-/m1/s1. The zero-order chi connectivity index (χ0) is 46.4. The van der Waals surface area contributed by atoms with Crippen molar-refractivity contribution in [2.24, 2.45) is 35.5 Å². The minimum absolute atomic E-state index is 0.0876. The highest BCUT2D eigenvalue weighted by atomic mass is 16.5. The average Bonchev–Trinajstić information content (AvgIpc) is 3.99. The molecule has 2 aliphatic heterocycles. The molecule has 3 aromatic heterocycles. The highest BCUT2D eigenvalue weighted by molar-refractivity contribution is 6.24. The Bertz CT molecular complexity index is 2450. The molecule has 3 aliphatic rings. The van der Waals surface area contributed by atoms with Crippen molar-refractivity contribution in [1.29, 1.82) is 0 Å². The van der Waals surface area contributed by atoms with Gasteiger partial charge in [0.25, 0.3) is 0 Å². The van der Waals surface area contributed by atoms with E-state index >= 15 is 0 Å². The lowest BCUT2D eigenvalue weighted by Gasteiger charge is -2.19. The van der Waals surface area contributed by atoms with Crippen LogP contribution in [0.5, 0.6) is 0 Å². The van der Waals surface area contributed by atoms with Crippen molar-refractivity contribution >= 4 is 47.6 Å². The Hall–Kier alpha value is -5.05. The average molecular weight is 873 g/mol. The third-order valence-electron chi connectivity index (χ3n) is 14.6. The van der Waals surface area contributed by atoms with E-state index in [1.54, 1.807) is 0 Å². The number of nitrogens with one attached hydrogen (secondary N) is 4. The highest BCUT2D eigenvalue weighted by Gasteiger charge is 2.48. The van der Waals surface area contributed by atoms with E-state index in [4.69, 9.17) is 9.47 Å². The van der Waals surface area contributed by atoms with Crippen molar-refractivity contribution in [3.05, 3.63) is 96.5 Å². The number of hydrogen-bond acceptors (Lipinski definition) is 6. The number of aromatic nitrogens is 3. The predicted octanol–water partition coefficient (Wildman–Crippen LogP) is 11.1. The molecule has 64 heavy (non-hydrogen) atoms. The Morgan fingerprint density at radius 3 is 2.14 bits per heavy atom. The first-order chi connectivity index (χ1) is 30.6. The van der Waals surface area contributed by atoms with Gasteiger partial charge in [0.15, 0.2) is 5.78 Å². The van der Waals surface area contributed by atoms with E-state index in [0.29, 0.717) is 23.3 Å². The molecule has 9 heteroatoms. The minimum Gasteiger partial charge on any atom is -0.468 e. The molecule has 1 aliphatic carbocycles. The van der Waals surface area contributed by atoms with Gasteiger partial charge < -0.3 is 29.7 Å². The maximum absolute atomic E-state index is 14.4. The number of Topliss-reactive ketones (excluding diaryl/α,β-unsaturated/α-hetero) is 1. The van der Waals surface area contributed by atoms with Crippen LogP contribution in [0.1, 0.15) is 180 Å². The number of hydrogen-bond donors (Lipinski definition) is 4. The number of esters is 2. The van der Waals surface area contributed by atoms with Crippen molar-refractivity contribution in [3.63, 3.8) is 0 Å². The normalized spacial score (nSPS) is 19.0. The van der Waals surface area contributed by atoms with Crippen LogP contribution >= 0.6 is 0 Å². The van der Waals surface area contributed by atoms with Crippen LogP contribution in [0.4, 0.5) is 0 Å². The topological polar surface area (TPSA) is 129 Å². The molecule has 0 saturated carbocycles. The monoisotopic (exact) mass is 873 g/mol. The van der Waals surface area contributed by atoms with Crippen molar-refractivity contribution in [1.82, 2.24) is 20.3 Å². The summed E-state index contributed by atoms with van der Waals surface area (Å²) in [6, 6.07) is 0. The zero-order valence-electron chi connectivity index (χ0n) is 40.8. The van der Waals surface area contributed by atoms with Gasteiger partial charge in [-0.15, -0.1) is 0 Å². The van der Waals surface area contributed by atoms with Gasteiger partial charge in [-0.25, -0.2) is 0 Å². The molecule has 8 bridgehead atoms. The molecular weight excluding hydrogens is 797 g/mol. The van der Waals surface area contributed by atoms with Crippen molar-refractivity contribution < 1.29 is 23.9 Å². The number of ether oxygens (including phenoxy) is 2. The number of allylic oxidation sites excluding steroid dienone is 3. The summed E-state index contributed by atoms with van der Waals surface area (Å²) in [6.07, 6.45) is 23.1. The van der Waals surface area contributed by atoms with Gasteiger partial charge in [0.2, 0.25) is 0 Å². The zero-order valence-corrected chi connectivity index (χ0v) is 40.8. The van der Waals surface area contributed by atoms with E-state index in [9.17, 15) is 14.4 Å². The Kier molecular flexibility index (Phi) is 16.1. The van der Waals surface area contributed by atoms with Crippen molar-refractivity contribution in [2.75, 3.05) is 13.7 Å². The molecule has 1 saturated heterocycles. The number of H-pyrrole nitrogens is 3. The summed E-state index contributed by atoms with van der Waals surface area (Å²) < 4.78 is 11.1. The largest absolute Gasteiger partial charge is 0.468 e. The predicted molar refractivity (Wildman–Crippen MR) is 262 cm³/mol. The summed E-state index contributed by atoms with van der Waals surface area (Å²) >= 11 is 0. The van der Waals surface area contributed by atoms with Gasteiger partial charge in [0.1, 0.15) is 12.5 Å². The lowest BCUT2D eigenvalue weighted by molar-refractivity contribution is -0.143. The third-order valence-corrected chi connectivity index (χ3v) is 14.6. The maximum atomic E-state index is 14.4. The fourth-order valence-electron chi connectivity index (χ4n) is 10.4. The summed E-state index contributed by atoms with van der Waals surface area (Å²) in [5.74, 6) is -0.275.